The number of methoxy groups -OCH3 is 1. The highest BCUT2D eigenvalue weighted by molar-refractivity contribution is 5.76. The first-order chi connectivity index (χ1) is 8.67. The zero-order valence-corrected chi connectivity index (χ0v) is 10.7. The van der Waals surface area contributed by atoms with Crippen LogP contribution in [0.4, 0.5) is 4.39 Å². The highest BCUT2D eigenvalue weighted by Crippen LogP contribution is 2.21. The maximum Gasteiger partial charge on any atom is 0.129 e. The fourth-order valence-electron chi connectivity index (χ4n) is 2.12. The number of nitrogens with two attached hydrogens (primary N) is 1. The lowest BCUT2D eigenvalue weighted by atomic mass is 10.3. The Hall–Kier alpha value is -1.46. The van der Waals surface area contributed by atoms with Crippen LogP contribution < -0.4 is 5.73 Å². The van der Waals surface area contributed by atoms with E-state index in [0.717, 1.165) is 24.3 Å². The SMILES string of the molecule is CCCn1c(C(N)COC)nc2cc(F)ccc21. The van der Waals surface area contributed by atoms with E-state index in [4.69, 9.17) is 10.5 Å². The molecule has 5 heteroatoms. The third kappa shape index (κ3) is 2.37. The van der Waals surface area contributed by atoms with Gasteiger partial charge in [-0.05, 0) is 18.6 Å². The molecule has 0 spiro atoms. The molecule has 0 radical (unpaired) electrons. The fraction of sp³-hybridized carbons (Fsp3) is 0.462. The van der Waals surface area contributed by atoms with Gasteiger partial charge in [0.15, 0.2) is 0 Å². The van der Waals surface area contributed by atoms with Crippen LogP contribution in [0, 0.1) is 5.82 Å². The molecular weight excluding hydrogens is 233 g/mol. The summed E-state index contributed by atoms with van der Waals surface area (Å²) in [4.78, 5) is 4.43. The van der Waals surface area contributed by atoms with Crippen LogP contribution in [0.3, 0.4) is 0 Å². The molecule has 0 saturated carbocycles. The largest absolute Gasteiger partial charge is 0.383 e. The van der Waals surface area contributed by atoms with Gasteiger partial charge in [-0.25, -0.2) is 9.37 Å². The minimum atomic E-state index is -0.294. The molecule has 0 aliphatic heterocycles. The Bertz CT molecular complexity index is 538. The number of halogens is 1. The molecule has 98 valence electrons. The summed E-state index contributed by atoms with van der Waals surface area (Å²) in [6.45, 7) is 3.30. The average Bonchev–Trinajstić information content (AvgIpc) is 2.68. The third-order valence-electron chi connectivity index (χ3n) is 2.86. The van der Waals surface area contributed by atoms with Crippen molar-refractivity contribution < 1.29 is 9.13 Å². The maximum absolute atomic E-state index is 13.2. The molecule has 4 nitrogen and oxygen atoms in total. The predicted molar refractivity (Wildman–Crippen MR) is 68.8 cm³/mol. The lowest BCUT2D eigenvalue weighted by Gasteiger charge is -2.13. The first-order valence-corrected chi connectivity index (χ1v) is 6.07. The number of ether oxygens (including phenoxy) is 1. The van der Waals surface area contributed by atoms with Crippen LogP contribution in [-0.4, -0.2) is 23.3 Å². The highest BCUT2D eigenvalue weighted by Gasteiger charge is 2.16. The van der Waals surface area contributed by atoms with Gasteiger partial charge in [0.1, 0.15) is 11.6 Å². The summed E-state index contributed by atoms with van der Waals surface area (Å²) in [5, 5.41) is 0. The summed E-state index contributed by atoms with van der Waals surface area (Å²) in [7, 11) is 1.60. The molecule has 0 saturated heterocycles. The number of nitrogens with zero attached hydrogens (tertiary/aromatic N) is 2. The molecule has 0 aliphatic carbocycles. The van der Waals surface area contributed by atoms with Crippen molar-refractivity contribution in [1.29, 1.82) is 0 Å². The van der Waals surface area contributed by atoms with Gasteiger partial charge in [0.2, 0.25) is 0 Å². The molecule has 1 heterocycles. The summed E-state index contributed by atoms with van der Waals surface area (Å²) < 4.78 is 20.3. The van der Waals surface area contributed by atoms with Crippen molar-refractivity contribution in [2.75, 3.05) is 13.7 Å². The number of imidazole rings is 1. The average molecular weight is 251 g/mol. The number of hydrogen-bond donors (Lipinski definition) is 1. The third-order valence-corrected chi connectivity index (χ3v) is 2.86. The summed E-state index contributed by atoms with van der Waals surface area (Å²) in [5.41, 5.74) is 7.60. The number of aromatic nitrogens is 2. The zero-order chi connectivity index (χ0) is 13.1. The molecule has 0 aliphatic rings. The summed E-state index contributed by atoms with van der Waals surface area (Å²) >= 11 is 0. The normalized spacial score (nSPS) is 13.1. The van der Waals surface area contributed by atoms with Crippen molar-refractivity contribution in [3.63, 3.8) is 0 Å². The molecule has 1 unspecified atom stereocenters. The van der Waals surface area contributed by atoms with E-state index in [-0.39, 0.29) is 11.9 Å². The molecule has 1 aromatic carbocycles. The Kier molecular flexibility index (Phi) is 3.93. The van der Waals surface area contributed by atoms with Gasteiger partial charge in [-0.2, -0.15) is 0 Å². The minimum absolute atomic E-state index is 0.282. The lowest BCUT2D eigenvalue weighted by Crippen LogP contribution is -2.21. The van der Waals surface area contributed by atoms with E-state index in [0.29, 0.717) is 12.1 Å². The Morgan fingerprint density at radius 2 is 2.28 bits per heavy atom. The molecule has 1 aromatic heterocycles. The van der Waals surface area contributed by atoms with Gasteiger partial charge in [-0.3, -0.25) is 0 Å². The van der Waals surface area contributed by atoms with Gasteiger partial charge in [0.25, 0.3) is 0 Å². The predicted octanol–water partition coefficient (Wildman–Crippen LogP) is 2.23. The Balaban J connectivity index is 2.53. The van der Waals surface area contributed by atoms with E-state index in [1.807, 2.05) is 4.57 Å². The quantitative estimate of drug-likeness (QED) is 0.886. The van der Waals surface area contributed by atoms with Crippen molar-refractivity contribution in [1.82, 2.24) is 9.55 Å². The minimum Gasteiger partial charge on any atom is -0.383 e. The van der Waals surface area contributed by atoms with Crippen LogP contribution in [0.25, 0.3) is 11.0 Å². The summed E-state index contributed by atoms with van der Waals surface area (Å²) in [6.07, 6.45) is 0.968. The van der Waals surface area contributed by atoms with Crippen molar-refractivity contribution in [3.8, 4) is 0 Å². The Morgan fingerprint density at radius 1 is 1.50 bits per heavy atom. The molecule has 0 amide bonds. The number of rotatable bonds is 5. The highest BCUT2D eigenvalue weighted by atomic mass is 19.1. The van der Waals surface area contributed by atoms with Gasteiger partial charge in [-0.1, -0.05) is 6.92 Å². The van der Waals surface area contributed by atoms with Gasteiger partial charge in [-0.15, -0.1) is 0 Å². The van der Waals surface area contributed by atoms with E-state index in [1.165, 1.54) is 12.1 Å². The van der Waals surface area contributed by atoms with Gasteiger partial charge in [0, 0.05) is 19.7 Å². The van der Waals surface area contributed by atoms with Crippen LogP contribution in [0.2, 0.25) is 0 Å². The number of hydrogen-bond acceptors (Lipinski definition) is 3. The van der Waals surface area contributed by atoms with Crippen molar-refractivity contribution in [2.45, 2.75) is 25.9 Å². The Labute approximate surface area is 106 Å². The molecular formula is C13H18FN3O. The molecule has 2 rings (SSSR count). The first kappa shape index (κ1) is 13.0. The van der Waals surface area contributed by atoms with E-state index >= 15 is 0 Å². The second-order valence-corrected chi connectivity index (χ2v) is 4.32. The van der Waals surface area contributed by atoms with E-state index in [1.54, 1.807) is 13.2 Å². The zero-order valence-electron chi connectivity index (χ0n) is 10.7. The summed E-state index contributed by atoms with van der Waals surface area (Å²) in [6, 6.07) is 4.33. The fourth-order valence-corrected chi connectivity index (χ4v) is 2.12. The maximum atomic E-state index is 13.2. The second-order valence-electron chi connectivity index (χ2n) is 4.32. The van der Waals surface area contributed by atoms with Gasteiger partial charge in [0.05, 0.1) is 23.7 Å². The van der Waals surface area contributed by atoms with Gasteiger partial charge >= 0.3 is 0 Å². The summed E-state index contributed by atoms with van der Waals surface area (Å²) in [5.74, 6) is 0.467. The van der Waals surface area contributed by atoms with Crippen molar-refractivity contribution >= 4 is 11.0 Å². The monoisotopic (exact) mass is 251 g/mol. The van der Waals surface area contributed by atoms with Gasteiger partial charge < -0.3 is 15.0 Å². The van der Waals surface area contributed by atoms with Crippen LogP contribution >= 0.6 is 0 Å². The topological polar surface area (TPSA) is 53.1 Å². The van der Waals surface area contributed by atoms with Crippen LogP contribution in [0.15, 0.2) is 18.2 Å². The first-order valence-electron chi connectivity index (χ1n) is 6.07. The smallest absolute Gasteiger partial charge is 0.129 e. The molecule has 2 aromatic rings. The molecule has 0 bridgehead atoms. The van der Waals surface area contributed by atoms with Crippen molar-refractivity contribution in [3.05, 3.63) is 29.8 Å². The van der Waals surface area contributed by atoms with E-state index in [2.05, 4.69) is 11.9 Å². The molecule has 1 atom stereocenters. The van der Waals surface area contributed by atoms with E-state index in [9.17, 15) is 4.39 Å². The van der Waals surface area contributed by atoms with Crippen LogP contribution in [-0.2, 0) is 11.3 Å². The molecule has 0 fully saturated rings. The number of benzene rings is 1. The second kappa shape index (κ2) is 5.46. The molecule has 18 heavy (non-hydrogen) atoms. The molecule has 2 N–H and O–H groups in total. The lowest BCUT2D eigenvalue weighted by molar-refractivity contribution is 0.177. The van der Waals surface area contributed by atoms with Crippen molar-refractivity contribution in [2.24, 2.45) is 5.73 Å². The Morgan fingerprint density at radius 3 is 2.94 bits per heavy atom. The van der Waals surface area contributed by atoms with Crippen LogP contribution in [0.5, 0.6) is 0 Å². The standard InChI is InChI=1S/C13H18FN3O/c1-3-6-17-12-5-4-9(14)7-11(12)16-13(17)10(15)8-18-2/h4-5,7,10H,3,6,8,15H2,1-2H3. The number of fused-ring (bicyclic) bond motifs is 1. The van der Waals surface area contributed by atoms with E-state index < -0.39 is 0 Å². The number of aryl methyl sites for hydroxylation is 1. The van der Waals surface area contributed by atoms with Crippen LogP contribution in [0.1, 0.15) is 25.2 Å².